The van der Waals surface area contributed by atoms with Crippen molar-refractivity contribution < 1.29 is 18.7 Å². The number of benzene rings is 2. The highest BCUT2D eigenvalue weighted by atomic mass is 79.9. The summed E-state index contributed by atoms with van der Waals surface area (Å²) in [6, 6.07) is 11.1. The number of para-hydroxylation sites is 1. The molecule has 0 aliphatic heterocycles. The minimum absolute atomic E-state index is 0.00277. The Bertz CT molecular complexity index is 1040. The van der Waals surface area contributed by atoms with Gasteiger partial charge in [-0.1, -0.05) is 12.1 Å². The van der Waals surface area contributed by atoms with Gasteiger partial charge in [-0.25, -0.2) is 4.39 Å². The summed E-state index contributed by atoms with van der Waals surface area (Å²) in [7, 11) is 1.55. The molecule has 1 heterocycles. The van der Waals surface area contributed by atoms with Gasteiger partial charge in [-0.3, -0.25) is 20.0 Å². The molecule has 8 nitrogen and oxygen atoms in total. The van der Waals surface area contributed by atoms with Gasteiger partial charge in [-0.05, 0) is 46.3 Å². The molecular weight excluding hydrogens is 445 g/mol. The molecule has 0 saturated carbocycles. The summed E-state index contributed by atoms with van der Waals surface area (Å²) >= 11 is 3.19. The molecule has 0 unspecified atom stereocenters. The van der Waals surface area contributed by atoms with E-state index >= 15 is 0 Å². The second kappa shape index (κ2) is 9.28. The molecule has 0 radical (unpaired) electrons. The van der Waals surface area contributed by atoms with Crippen LogP contribution in [-0.2, 0) is 4.79 Å². The highest BCUT2D eigenvalue weighted by Crippen LogP contribution is 2.27. The van der Waals surface area contributed by atoms with E-state index in [1.165, 1.54) is 12.1 Å². The number of carbonyl (C=O) groups is 2. The maximum Gasteiger partial charge on any atom is 0.252 e. The Morgan fingerprint density at radius 2 is 2.03 bits per heavy atom. The van der Waals surface area contributed by atoms with Gasteiger partial charge >= 0.3 is 0 Å². The molecule has 0 bridgehead atoms. The number of halogens is 2. The Balaban J connectivity index is 1.53. The van der Waals surface area contributed by atoms with Crippen LogP contribution >= 0.6 is 15.9 Å². The second-order valence-corrected chi connectivity index (χ2v) is 6.74. The fraction of sp³-hybridized carbons (Fsp3) is 0.158. The Hall–Kier alpha value is -3.27. The topological polar surface area (TPSA) is 109 Å². The Kier molecular flexibility index (Phi) is 6.55. The number of nitrogens with zero attached hydrogens (tertiary/aromatic N) is 2. The third kappa shape index (κ3) is 5.17. The van der Waals surface area contributed by atoms with Gasteiger partial charge in [0.1, 0.15) is 11.6 Å². The maximum atomic E-state index is 13.3. The molecule has 0 aliphatic rings. The molecule has 10 heteroatoms. The van der Waals surface area contributed by atoms with Crippen LogP contribution in [0.25, 0.3) is 11.4 Å². The third-order valence-electron chi connectivity index (χ3n) is 3.91. The number of aromatic amines is 1. The van der Waals surface area contributed by atoms with Crippen LogP contribution in [0, 0.1) is 5.82 Å². The number of H-pyrrole nitrogens is 1. The van der Waals surface area contributed by atoms with Gasteiger partial charge in [-0.15, -0.1) is 5.10 Å². The second-order valence-electron chi connectivity index (χ2n) is 5.89. The van der Waals surface area contributed by atoms with Crippen LogP contribution in [0.15, 0.2) is 46.9 Å². The molecular formula is C19H17BrFN5O3. The predicted molar refractivity (Wildman–Crippen MR) is 108 cm³/mol. The number of hydrogen-bond acceptors (Lipinski definition) is 5. The molecule has 0 fully saturated rings. The van der Waals surface area contributed by atoms with Crippen molar-refractivity contribution in [2.24, 2.45) is 0 Å². The molecule has 3 aromatic rings. The minimum Gasteiger partial charge on any atom is -0.496 e. The largest absolute Gasteiger partial charge is 0.496 e. The summed E-state index contributed by atoms with van der Waals surface area (Å²) in [6.45, 7) is 0.0669. The Labute approximate surface area is 174 Å². The van der Waals surface area contributed by atoms with Gasteiger partial charge in [0.15, 0.2) is 5.82 Å². The van der Waals surface area contributed by atoms with Crippen molar-refractivity contribution in [1.29, 1.82) is 0 Å². The molecule has 150 valence electrons. The first kappa shape index (κ1) is 20.5. The van der Waals surface area contributed by atoms with E-state index in [9.17, 15) is 14.0 Å². The van der Waals surface area contributed by atoms with Crippen LogP contribution in [0.2, 0.25) is 0 Å². The third-order valence-corrected chi connectivity index (χ3v) is 4.60. The first-order chi connectivity index (χ1) is 14.0. The van der Waals surface area contributed by atoms with Crippen LogP contribution in [0.4, 0.5) is 10.3 Å². The van der Waals surface area contributed by atoms with Gasteiger partial charge in [0, 0.05) is 17.4 Å². The van der Waals surface area contributed by atoms with Gasteiger partial charge in [0.2, 0.25) is 11.9 Å². The van der Waals surface area contributed by atoms with Crippen LogP contribution in [0.1, 0.15) is 16.8 Å². The molecule has 29 heavy (non-hydrogen) atoms. The number of hydrogen-bond donors (Lipinski definition) is 3. The highest BCUT2D eigenvalue weighted by Gasteiger charge is 2.14. The zero-order valence-electron chi connectivity index (χ0n) is 15.3. The zero-order chi connectivity index (χ0) is 20.8. The molecule has 0 spiro atoms. The van der Waals surface area contributed by atoms with Crippen molar-refractivity contribution in [3.05, 3.63) is 58.3 Å². The average Bonchev–Trinajstić information content (AvgIpc) is 3.17. The van der Waals surface area contributed by atoms with Crippen LogP contribution < -0.4 is 15.4 Å². The van der Waals surface area contributed by atoms with Crippen molar-refractivity contribution in [3.8, 4) is 17.1 Å². The van der Waals surface area contributed by atoms with Crippen LogP contribution in [0.5, 0.6) is 5.75 Å². The molecule has 3 rings (SSSR count). The first-order valence-electron chi connectivity index (χ1n) is 8.57. The van der Waals surface area contributed by atoms with E-state index in [4.69, 9.17) is 4.74 Å². The van der Waals surface area contributed by atoms with Crippen molar-refractivity contribution in [2.75, 3.05) is 19.0 Å². The van der Waals surface area contributed by atoms with E-state index in [1.807, 2.05) is 18.2 Å². The molecule has 0 aliphatic carbocycles. The lowest BCUT2D eigenvalue weighted by molar-refractivity contribution is -0.116. The fourth-order valence-electron chi connectivity index (χ4n) is 2.52. The number of anilines is 1. The molecule has 2 amide bonds. The number of methoxy groups -OCH3 is 1. The summed E-state index contributed by atoms with van der Waals surface area (Å²) in [5.74, 6) is -0.217. The monoisotopic (exact) mass is 461 g/mol. The summed E-state index contributed by atoms with van der Waals surface area (Å²) in [5.41, 5.74) is 0.858. The maximum absolute atomic E-state index is 13.3. The Morgan fingerprint density at radius 1 is 1.24 bits per heavy atom. The first-order valence-corrected chi connectivity index (χ1v) is 9.36. The average molecular weight is 462 g/mol. The van der Waals surface area contributed by atoms with E-state index in [1.54, 1.807) is 13.2 Å². The van der Waals surface area contributed by atoms with Crippen molar-refractivity contribution >= 4 is 33.7 Å². The predicted octanol–water partition coefficient (Wildman–Crippen LogP) is 3.14. The Morgan fingerprint density at radius 3 is 2.83 bits per heavy atom. The molecule has 3 N–H and O–H groups in total. The van der Waals surface area contributed by atoms with E-state index < -0.39 is 11.7 Å². The summed E-state index contributed by atoms with van der Waals surface area (Å²) in [6.07, 6.45) is -0.00277. The van der Waals surface area contributed by atoms with Crippen LogP contribution in [0.3, 0.4) is 0 Å². The highest BCUT2D eigenvalue weighted by molar-refractivity contribution is 9.10. The normalized spacial score (nSPS) is 10.4. The van der Waals surface area contributed by atoms with Crippen LogP contribution in [-0.4, -0.2) is 40.7 Å². The summed E-state index contributed by atoms with van der Waals surface area (Å²) in [5, 5.41) is 11.8. The SMILES string of the molecule is COc1ccccc1-c1nc(NC(=O)CCNC(=O)c2cc(F)ccc2Br)n[nH]1. The lowest BCUT2D eigenvalue weighted by Gasteiger charge is -2.07. The number of rotatable bonds is 7. The van der Waals surface area contributed by atoms with E-state index in [2.05, 4.69) is 41.7 Å². The van der Waals surface area contributed by atoms with Gasteiger partial charge < -0.3 is 10.1 Å². The van der Waals surface area contributed by atoms with E-state index in [-0.39, 0.29) is 30.4 Å². The number of aromatic nitrogens is 3. The summed E-state index contributed by atoms with van der Waals surface area (Å²) in [4.78, 5) is 28.4. The van der Waals surface area contributed by atoms with Gasteiger partial charge in [0.05, 0.1) is 18.2 Å². The quantitative estimate of drug-likeness (QED) is 0.500. The molecule has 1 aromatic heterocycles. The fourth-order valence-corrected chi connectivity index (χ4v) is 2.95. The van der Waals surface area contributed by atoms with Crippen molar-refractivity contribution in [1.82, 2.24) is 20.5 Å². The van der Waals surface area contributed by atoms with Crippen molar-refractivity contribution in [3.63, 3.8) is 0 Å². The van der Waals surface area contributed by atoms with E-state index in [0.717, 1.165) is 6.07 Å². The minimum atomic E-state index is -0.522. The lowest BCUT2D eigenvalue weighted by atomic mass is 10.2. The summed E-state index contributed by atoms with van der Waals surface area (Å²) < 4.78 is 19.0. The number of carbonyl (C=O) groups excluding carboxylic acids is 2. The number of ether oxygens (including phenoxy) is 1. The number of amides is 2. The molecule has 2 aromatic carbocycles. The van der Waals surface area contributed by atoms with Crippen molar-refractivity contribution in [2.45, 2.75) is 6.42 Å². The van der Waals surface area contributed by atoms with Gasteiger partial charge in [0.25, 0.3) is 5.91 Å². The standard InChI is InChI=1S/C19H17BrFN5O3/c1-29-15-5-3-2-4-12(15)17-24-19(26-25-17)23-16(27)8-9-22-18(28)13-10-11(21)6-7-14(13)20/h2-7,10H,8-9H2,1H3,(H,22,28)(H2,23,24,25,26,27). The molecule has 0 atom stereocenters. The smallest absolute Gasteiger partial charge is 0.252 e. The zero-order valence-corrected chi connectivity index (χ0v) is 16.9. The number of nitrogens with one attached hydrogen (secondary N) is 3. The molecule has 0 saturated heterocycles. The lowest BCUT2D eigenvalue weighted by Crippen LogP contribution is -2.28. The van der Waals surface area contributed by atoms with E-state index in [0.29, 0.717) is 21.6 Å². The van der Waals surface area contributed by atoms with Gasteiger partial charge in [-0.2, -0.15) is 4.98 Å².